The number of morpholine rings is 1. The molecule has 26 heavy (non-hydrogen) atoms. The fourth-order valence-electron chi connectivity index (χ4n) is 3.70. The molecule has 144 valence electrons. The zero-order valence-electron chi connectivity index (χ0n) is 16.5. The number of aliphatic imine (C=N–C) groups is 1. The number of guanidine groups is 1. The Morgan fingerprint density at radius 3 is 2.88 bits per heavy atom. The minimum Gasteiger partial charge on any atom is -0.382 e. The summed E-state index contributed by atoms with van der Waals surface area (Å²) in [4.78, 5) is 6.87. The first kappa shape index (κ1) is 19.2. The lowest BCUT2D eigenvalue weighted by molar-refractivity contribution is -0.00841. The van der Waals surface area contributed by atoms with Crippen LogP contribution in [0.15, 0.2) is 29.3 Å². The molecule has 1 saturated carbocycles. The molecule has 1 unspecified atom stereocenters. The largest absolute Gasteiger partial charge is 0.382 e. The Kier molecular flexibility index (Phi) is 6.54. The van der Waals surface area contributed by atoms with Crippen LogP contribution in [-0.4, -0.2) is 57.4 Å². The minimum absolute atomic E-state index is 0.108. The third kappa shape index (κ3) is 4.77. The molecule has 0 aromatic heterocycles. The van der Waals surface area contributed by atoms with Crippen LogP contribution in [0.25, 0.3) is 0 Å². The van der Waals surface area contributed by atoms with Crippen molar-refractivity contribution in [2.75, 3.05) is 46.5 Å². The molecule has 1 heterocycles. The summed E-state index contributed by atoms with van der Waals surface area (Å²) < 4.78 is 11.6. The Labute approximate surface area is 157 Å². The Bertz CT molecular complexity index is 613. The Morgan fingerprint density at radius 1 is 1.38 bits per heavy atom. The average molecular weight is 360 g/mol. The Hall–Kier alpha value is -1.59. The number of hydrogen-bond acceptors (Lipinski definition) is 3. The van der Waals surface area contributed by atoms with Gasteiger partial charge in [0.1, 0.15) is 6.10 Å². The maximum absolute atomic E-state index is 6.05. The van der Waals surface area contributed by atoms with Gasteiger partial charge in [0.2, 0.25) is 0 Å². The van der Waals surface area contributed by atoms with Crippen molar-refractivity contribution in [3.63, 3.8) is 0 Å². The smallest absolute Gasteiger partial charge is 0.193 e. The number of ether oxygens (including phenoxy) is 2. The maximum atomic E-state index is 6.05. The van der Waals surface area contributed by atoms with Crippen molar-refractivity contribution < 1.29 is 9.47 Å². The van der Waals surface area contributed by atoms with Gasteiger partial charge in [-0.15, -0.1) is 0 Å². The fraction of sp³-hybridized carbons (Fsp3) is 0.667. The molecule has 1 aromatic rings. The van der Waals surface area contributed by atoms with Crippen molar-refractivity contribution in [3.8, 4) is 0 Å². The lowest BCUT2D eigenvalue weighted by Gasteiger charge is -2.36. The van der Waals surface area contributed by atoms with E-state index in [1.807, 2.05) is 7.05 Å². The van der Waals surface area contributed by atoms with E-state index in [0.717, 1.165) is 51.8 Å². The predicted octanol–water partition coefficient (Wildman–Crippen LogP) is 3.15. The van der Waals surface area contributed by atoms with Gasteiger partial charge in [-0.25, -0.2) is 0 Å². The van der Waals surface area contributed by atoms with E-state index < -0.39 is 0 Å². The summed E-state index contributed by atoms with van der Waals surface area (Å²) in [5, 5.41) is 3.62. The van der Waals surface area contributed by atoms with Gasteiger partial charge < -0.3 is 19.7 Å². The van der Waals surface area contributed by atoms with Crippen LogP contribution >= 0.6 is 0 Å². The summed E-state index contributed by atoms with van der Waals surface area (Å²) >= 11 is 0. The molecule has 1 N–H and O–H groups in total. The molecular weight excluding hydrogens is 326 g/mol. The van der Waals surface area contributed by atoms with Gasteiger partial charge in [-0.1, -0.05) is 24.3 Å². The SMILES string of the molecule is CCOCCC1(CNC(=NC)N2CCOC(c3ccccc3C)C2)CC1. The second kappa shape index (κ2) is 8.87. The summed E-state index contributed by atoms with van der Waals surface area (Å²) in [6, 6.07) is 8.50. The lowest BCUT2D eigenvalue weighted by atomic mass is 10.0. The van der Waals surface area contributed by atoms with E-state index in [9.17, 15) is 0 Å². The maximum Gasteiger partial charge on any atom is 0.193 e. The van der Waals surface area contributed by atoms with Gasteiger partial charge in [-0.2, -0.15) is 0 Å². The van der Waals surface area contributed by atoms with Gasteiger partial charge >= 0.3 is 0 Å². The second-order valence-electron chi connectivity index (χ2n) is 7.51. The van der Waals surface area contributed by atoms with E-state index in [-0.39, 0.29) is 6.10 Å². The van der Waals surface area contributed by atoms with Crippen molar-refractivity contribution in [1.82, 2.24) is 10.2 Å². The number of nitrogens with one attached hydrogen (secondary N) is 1. The molecule has 5 heteroatoms. The summed E-state index contributed by atoms with van der Waals surface area (Å²) in [7, 11) is 1.88. The van der Waals surface area contributed by atoms with Crippen molar-refractivity contribution in [2.45, 2.75) is 39.2 Å². The highest BCUT2D eigenvalue weighted by Crippen LogP contribution is 2.48. The van der Waals surface area contributed by atoms with Crippen molar-refractivity contribution in [1.29, 1.82) is 0 Å². The van der Waals surface area contributed by atoms with Gasteiger partial charge in [-0.3, -0.25) is 4.99 Å². The quantitative estimate of drug-likeness (QED) is 0.461. The number of nitrogens with zero attached hydrogens (tertiary/aromatic N) is 2. The zero-order chi connectivity index (χ0) is 18.4. The van der Waals surface area contributed by atoms with Crippen molar-refractivity contribution in [2.24, 2.45) is 10.4 Å². The fourth-order valence-corrected chi connectivity index (χ4v) is 3.70. The molecular formula is C21H33N3O2. The summed E-state index contributed by atoms with van der Waals surface area (Å²) in [6.07, 6.45) is 3.83. The lowest BCUT2D eigenvalue weighted by Crippen LogP contribution is -2.49. The van der Waals surface area contributed by atoms with Crippen molar-refractivity contribution >= 4 is 5.96 Å². The number of aryl methyl sites for hydroxylation is 1. The summed E-state index contributed by atoms with van der Waals surface area (Å²) in [5.41, 5.74) is 2.98. The van der Waals surface area contributed by atoms with E-state index in [1.165, 1.54) is 24.0 Å². The second-order valence-corrected chi connectivity index (χ2v) is 7.51. The van der Waals surface area contributed by atoms with Gasteiger partial charge in [0.05, 0.1) is 13.2 Å². The molecule has 0 spiro atoms. The third-order valence-electron chi connectivity index (χ3n) is 5.67. The predicted molar refractivity (Wildman–Crippen MR) is 106 cm³/mol. The summed E-state index contributed by atoms with van der Waals surface area (Å²) in [5.74, 6) is 0.995. The van der Waals surface area contributed by atoms with Crippen LogP contribution in [0, 0.1) is 12.3 Å². The van der Waals surface area contributed by atoms with Crippen LogP contribution in [0.1, 0.15) is 43.4 Å². The average Bonchev–Trinajstić information content (AvgIpc) is 3.43. The van der Waals surface area contributed by atoms with E-state index >= 15 is 0 Å². The highest BCUT2D eigenvalue weighted by atomic mass is 16.5. The molecule has 1 aliphatic heterocycles. The Balaban J connectivity index is 1.56. The van der Waals surface area contributed by atoms with Crippen LogP contribution < -0.4 is 5.32 Å². The minimum atomic E-state index is 0.108. The van der Waals surface area contributed by atoms with E-state index in [4.69, 9.17) is 9.47 Å². The summed E-state index contributed by atoms with van der Waals surface area (Å²) in [6.45, 7) is 9.32. The van der Waals surface area contributed by atoms with Crippen LogP contribution in [0.3, 0.4) is 0 Å². The molecule has 3 rings (SSSR count). The monoisotopic (exact) mass is 359 g/mol. The first-order chi connectivity index (χ1) is 12.7. The third-order valence-corrected chi connectivity index (χ3v) is 5.67. The molecule has 2 aliphatic rings. The molecule has 0 radical (unpaired) electrons. The van der Waals surface area contributed by atoms with Gasteiger partial charge in [0, 0.05) is 33.4 Å². The molecule has 0 amide bonds. The molecule has 1 saturated heterocycles. The van der Waals surface area contributed by atoms with Gasteiger partial charge in [0.15, 0.2) is 5.96 Å². The first-order valence-electron chi connectivity index (χ1n) is 9.88. The van der Waals surface area contributed by atoms with Crippen LogP contribution in [0.5, 0.6) is 0 Å². The van der Waals surface area contributed by atoms with E-state index in [2.05, 4.69) is 53.3 Å². The number of benzene rings is 1. The van der Waals surface area contributed by atoms with Gasteiger partial charge in [0.25, 0.3) is 0 Å². The molecule has 0 bridgehead atoms. The normalized spacial score (nSPS) is 22.3. The first-order valence-corrected chi connectivity index (χ1v) is 9.88. The van der Waals surface area contributed by atoms with Crippen LogP contribution in [0.4, 0.5) is 0 Å². The van der Waals surface area contributed by atoms with Crippen LogP contribution in [-0.2, 0) is 9.47 Å². The van der Waals surface area contributed by atoms with E-state index in [1.54, 1.807) is 0 Å². The number of hydrogen-bond donors (Lipinski definition) is 1. The highest BCUT2D eigenvalue weighted by molar-refractivity contribution is 5.80. The highest BCUT2D eigenvalue weighted by Gasteiger charge is 2.42. The van der Waals surface area contributed by atoms with Gasteiger partial charge in [-0.05, 0) is 49.7 Å². The molecule has 1 aliphatic carbocycles. The number of rotatable bonds is 7. The zero-order valence-corrected chi connectivity index (χ0v) is 16.5. The standard InChI is InChI=1S/C21H33N3O2/c1-4-25-13-11-21(9-10-21)16-23-20(22-3)24-12-14-26-19(15-24)18-8-6-5-7-17(18)2/h5-8,19H,4,9-16H2,1-3H3,(H,22,23). The topological polar surface area (TPSA) is 46.1 Å². The Morgan fingerprint density at radius 2 is 2.19 bits per heavy atom. The van der Waals surface area contributed by atoms with Crippen molar-refractivity contribution in [3.05, 3.63) is 35.4 Å². The van der Waals surface area contributed by atoms with Crippen LogP contribution in [0.2, 0.25) is 0 Å². The molecule has 1 aromatic carbocycles. The van der Waals surface area contributed by atoms with E-state index in [0.29, 0.717) is 5.41 Å². The molecule has 2 fully saturated rings. The molecule has 5 nitrogen and oxygen atoms in total. The molecule has 1 atom stereocenters.